The first kappa shape index (κ1) is 15.6. The van der Waals surface area contributed by atoms with Gasteiger partial charge in [0.1, 0.15) is 0 Å². The van der Waals surface area contributed by atoms with Crippen molar-refractivity contribution in [3.63, 3.8) is 0 Å². The molecule has 0 amide bonds. The third-order valence-electron chi connectivity index (χ3n) is 4.42. The van der Waals surface area contributed by atoms with E-state index in [1.807, 2.05) is 26.0 Å². The van der Waals surface area contributed by atoms with E-state index in [0.717, 1.165) is 30.0 Å². The Balaban J connectivity index is 2.19. The SMILES string of the molecule is COc1cc(C)c(CN2CCC(C(=O)O)C2C)cc1OC. The molecule has 5 nitrogen and oxygen atoms in total. The zero-order valence-corrected chi connectivity index (χ0v) is 13.0. The third kappa shape index (κ3) is 3.13. The van der Waals surface area contributed by atoms with Crippen LogP contribution in [0, 0.1) is 12.8 Å². The summed E-state index contributed by atoms with van der Waals surface area (Å²) in [5.74, 6) is 0.454. The maximum atomic E-state index is 11.2. The Bertz CT molecular complexity index is 529. The smallest absolute Gasteiger partial charge is 0.308 e. The van der Waals surface area contributed by atoms with Gasteiger partial charge in [0.25, 0.3) is 0 Å². The van der Waals surface area contributed by atoms with Crippen LogP contribution in [-0.2, 0) is 11.3 Å². The minimum atomic E-state index is -0.700. The van der Waals surface area contributed by atoms with Gasteiger partial charge in [-0.15, -0.1) is 0 Å². The molecular weight excluding hydrogens is 270 g/mol. The average molecular weight is 293 g/mol. The van der Waals surface area contributed by atoms with Crippen LogP contribution < -0.4 is 9.47 Å². The maximum Gasteiger partial charge on any atom is 0.308 e. The van der Waals surface area contributed by atoms with Gasteiger partial charge >= 0.3 is 5.97 Å². The van der Waals surface area contributed by atoms with E-state index in [1.54, 1.807) is 14.2 Å². The Morgan fingerprint density at radius 1 is 1.33 bits per heavy atom. The van der Waals surface area contributed by atoms with Crippen LogP contribution in [0.5, 0.6) is 11.5 Å². The number of carboxylic acids is 1. The molecule has 0 bridgehead atoms. The van der Waals surface area contributed by atoms with Gasteiger partial charge in [0.2, 0.25) is 0 Å². The van der Waals surface area contributed by atoms with Crippen molar-refractivity contribution in [1.29, 1.82) is 0 Å². The molecule has 5 heteroatoms. The fourth-order valence-electron chi connectivity index (χ4n) is 2.97. The fourth-order valence-corrected chi connectivity index (χ4v) is 2.97. The van der Waals surface area contributed by atoms with Gasteiger partial charge in [-0.2, -0.15) is 0 Å². The average Bonchev–Trinajstić information content (AvgIpc) is 2.82. The summed E-state index contributed by atoms with van der Waals surface area (Å²) >= 11 is 0. The van der Waals surface area contributed by atoms with Crippen molar-refractivity contribution in [1.82, 2.24) is 4.90 Å². The van der Waals surface area contributed by atoms with Crippen molar-refractivity contribution in [3.8, 4) is 11.5 Å². The summed E-state index contributed by atoms with van der Waals surface area (Å²) in [6.07, 6.45) is 0.711. The van der Waals surface area contributed by atoms with Gasteiger partial charge in [-0.1, -0.05) is 0 Å². The van der Waals surface area contributed by atoms with Crippen LogP contribution in [0.25, 0.3) is 0 Å². The van der Waals surface area contributed by atoms with Crippen LogP contribution in [0.3, 0.4) is 0 Å². The molecule has 0 spiro atoms. The van der Waals surface area contributed by atoms with E-state index in [0.29, 0.717) is 12.2 Å². The molecule has 2 atom stereocenters. The highest BCUT2D eigenvalue weighted by atomic mass is 16.5. The summed E-state index contributed by atoms with van der Waals surface area (Å²) in [4.78, 5) is 13.4. The van der Waals surface area contributed by atoms with Crippen molar-refractivity contribution in [2.75, 3.05) is 20.8 Å². The first-order chi connectivity index (χ1) is 9.97. The summed E-state index contributed by atoms with van der Waals surface area (Å²) in [5.41, 5.74) is 2.27. The monoisotopic (exact) mass is 293 g/mol. The third-order valence-corrected chi connectivity index (χ3v) is 4.42. The van der Waals surface area contributed by atoms with E-state index in [2.05, 4.69) is 4.90 Å². The molecule has 1 aliphatic heterocycles. The summed E-state index contributed by atoms with van der Waals surface area (Å²) in [7, 11) is 3.24. The number of ether oxygens (including phenoxy) is 2. The number of rotatable bonds is 5. The molecule has 1 heterocycles. The van der Waals surface area contributed by atoms with E-state index >= 15 is 0 Å². The zero-order chi connectivity index (χ0) is 15.6. The second-order valence-corrected chi connectivity index (χ2v) is 5.58. The number of aliphatic carboxylic acids is 1. The van der Waals surface area contributed by atoms with Crippen molar-refractivity contribution in [2.45, 2.75) is 32.9 Å². The van der Waals surface area contributed by atoms with Crippen LogP contribution in [0.1, 0.15) is 24.5 Å². The first-order valence-corrected chi connectivity index (χ1v) is 7.16. The van der Waals surface area contributed by atoms with E-state index < -0.39 is 5.97 Å². The van der Waals surface area contributed by atoms with Crippen molar-refractivity contribution >= 4 is 5.97 Å². The molecule has 21 heavy (non-hydrogen) atoms. The lowest BCUT2D eigenvalue weighted by atomic mass is 10.0. The highest BCUT2D eigenvalue weighted by molar-refractivity contribution is 5.71. The van der Waals surface area contributed by atoms with E-state index in [1.165, 1.54) is 0 Å². The van der Waals surface area contributed by atoms with Gasteiger partial charge < -0.3 is 14.6 Å². The molecule has 2 unspecified atom stereocenters. The van der Waals surface area contributed by atoms with Crippen LogP contribution in [-0.4, -0.2) is 42.8 Å². The van der Waals surface area contributed by atoms with Gasteiger partial charge in [-0.05, 0) is 50.1 Å². The molecule has 0 radical (unpaired) electrons. The predicted octanol–water partition coefficient (Wildman–Crippen LogP) is 2.31. The van der Waals surface area contributed by atoms with Gasteiger partial charge in [0, 0.05) is 12.6 Å². The van der Waals surface area contributed by atoms with Crippen molar-refractivity contribution < 1.29 is 19.4 Å². The standard InChI is InChI=1S/C16H23NO4/c1-10-7-14(20-3)15(21-4)8-12(10)9-17-6-5-13(11(17)2)16(18)19/h7-8,11,13H,5-6,9H2,1-4H3,(H,18,19). The molecule has 0 aliphatic carbocycles. The molecule has 1 N–H and O–H groups in total. The molecule has 116 valence electrons. The second kappa shape index (κ2) is 6.35. The lowest BCUT2D eigenvalue weighted by Gasteiger charge is -2.24. The first-order valence-electron chi connectivity index (χ1n) is 7.16. The van der Waals surface area contributed by atoms with Gasteiger partial charge in [-0.3, -0.25) is 9.69 Å². The lowest BCUT2D eigenvalue weighted by molar-refractivity contribution is -0.142. The lowest BCUT2D eigenvalue weighted by Crippen LogP contribution is -2.32. The van der Waals surface area contributed by atoms with E-state index in [4.69, 9.17) is 9.47 Å². The van der Waals surface area contributed by atoms with Crippen LogP contribution in [0.4, 0.5) is 0 Å². The summed E-state index contributed by atoms with van der Waals surface area (Å²) in [6.45, 7) is 5.57. The Morgan fingerprint density at radius 2 is 1.95 bits per heavy atom. The molecule has 2 rings (SSSR count). The van der Waals surface area contributed by atoms with Gasteiger partial charge in [0.05, 0.1) is 20.1 Å². The van der Waals surface area contributed by atoms with Gasteiger partial charge in [-0.25, -0.2) is 0 Å². The minimum Gasteiger partial charge on any atom is -0.493 e. The Morgan fingerprint density at radius 3 is 2.48 bits per heavy atom. The van der Waals surface area contributed by atoms with Crippen LogP contribution in [0.15, 0.2) is 12.1 Å². The largest absolute Gasteiger partial charge is 0.493 e. The number of likely N-dealkylation sites (tertiary alicyclic amines) is 1. The highest BCUT2D eigenvalue weighted by Crippen LogP contribution is 2.33. The number of hydrogen-bond donors (Lipinski definition) is 1. The Kier molecular flexibility index (Phi) is 4.73. The van der Waals surface area contributed by atoms with Crippen molar-refractivity contribution in [3.05, 3.63) is 23.3 Å². The molecular formula is C16H23NO4. The Hall–Kier alpha value is -1.75. The summed E-state index contributed by atoms with van der Waals surface area (Å²) in [6, 6.07) is 3.99. The molecule has 1 aliphatic rings. The highest BCUT2D eigenvalue weighted by Gasteiger charge is 2.35. The van der Waals surface area contributed by atoms with E-state index in [9.17, 15) is 9.90 Å². The summed E-state index contributed by atoms with van der Waals surface area (Å²) in [5, 5.41) is 9.21. The van der Waals surface area contributed by atoms with Gasteiger partial charge in [0.15, 0.2) is 11.5 Å². The molecule has 1 aromatic rings. The fraction of sp³-hybridized carbons (Fsp3) is 0.562. The predicted molar refractivity (Wildman–Crippen MR) is 79.9 cm³/mol. The topological polar surface area (TPSA) is 59.0 Å². The second-order valence-electron chi connectivity index (χ2n) is 5.58. The number of aryl methyl sites for hydroxylation is 1. The number of carbonyl (C=O) groups is 1. The molecule has 0 saturated carbocycles. The Labute approximate surface area is 125 Å². The normalized spacial score (nSPS) is 22.3. The van der Waals surface area contributed by atoms with Crippen molar-refractivity contribution in [2.24, 2.45) is 5.92 Å². The number of methoxy groups -OCH3 is 2. The number of carboxylic acid groups (broad SMARTS) is 1. The number of nitrogens with zero attached hydrogens (tertiary/aromatic N) is 1. The molecule has 0 aromatic heterocycles. The molecule has 1 aromatic carbocycles. The van der Waals surface area contributed by atoms with E-state index in [-0.39, 0.29) is 12.0 Å². The molecule has 1 saturated heterocycles. The van der Waals surface area contributed by atoms with Crippen LogP contribution >= 0.6 is 0 Å². The zero-order valence-electron chi connectivity index (χ0n) is 13.0. The minimum absolute atomic E-state index is 0.0509. The number of benzene rings is 1. The van der Waals surface area contributed by atoms with Crippen LogP contribution in [0.2, 0.25) is 0 Å². The molecule has 1 fully saturated rings. The quantitative estimate of drug-likeness (QED) is 0.902. The number of hydrogen-bond acceptors (Lipinski definition) is 4. The maximum absolute atomic E-state index is 11.2. The summed E-state index contributed by atoms with van der Waals surface area (Å²) < 4.78 is 10.6.